The Balaban J connectivity index is 0.000000168. The molecular formula is C20H19N3O3S. The number of thiol groups is 1. The average Bonchev–Trinajstić information content (AvgIpc) is 3.10. The summed E-state index contributed by atoms with van der Waals surface area (Å²) in [6.07, 6.45) is 1.68. The summed E-state index contributed by atoms with van der Waals surface area (Å²) >= 11 is 4.10. The highest BCUT2D eigenvalue weighted by Gasteiger charge is 2.10. The molecular weight excluding hydrogens is 362 g/mol. The predicted molar refractivity (Wildman–Crippen MR) is 108 cm³/mol. The lowest BCUT2D eigenvalue weighted by Crippen LogP contribution is -1.91. The Morgan fingerprint density at radius 3 is 2.70 bits per heavy atom. The maximum absolute atomic E-state index is 9.21. The number of hydrogen-bond acceptors (Lipinski definition) is 7. The van der Waals surface area contributed by atoms with Gasteiger partial charge in [0, 0.05) is 16.8 Å². The molecule has 0 aliphatic rings. The van der Waals surface area contributed by atoms with E-state index < -0.39 is 0 Å². The number of oxazole rings is 1. The minimum atomic E-state index is 0.157. The molecule has 0 bridgehead atoms. The fourth-order valence-corrected chi connectivity index (χ4v) is 2.54. The number of fused-ring (bicyclic) bond motifs is 1. The van der Waals surface area contributed by atoms with Gasteiger partial charge in [-0.1, -0.05) is 12.1 Å². The zero-order valence-electron chi connectivity index (χ0n) is 14.7. The second-order valence-corrected chi connectivity index (χ2v) is 6.03. The van der Waals surface area contributed by atoms with Crippen LogP contribution in [0.5, 0.6) is 11.5 Å². The number of rotatable bonds is 3. The third-order valence-electron chi connectivity index (χ3n) is 3.60. The van der Waals surface area contributed by atoms with E-state index in [1.165, 1.54) is 0 Å². The van der Waals surface area contributed by atoms with Gasteiger partial charge in [-0.05, 0) is 49.4 Å². The molecule has 0 aliphatic carbocycles. The van der Waals surface area contributed by atoms with Crippen molar-refractivity contribution in [3.63, 3.8) is 0 Å². The number of phenolic OH excluding ortho intramolecular Hbond substituents is 1. The van der Waals surface area contributed by atoms with Crippen LogP contribution < -0.4 is 10.5 Å². The summed E-state index contributed by atoms with van der Waals surface area (Å²) in [5.74, 6) is 1.15. The lowest BCUT2D eigenvalue weighted by Gasteiger charge is -2.04. The minimum absolute atomic E-state index is 0.157. The van der Waals surface area contributed by atoms with Crippen molar-refractivity contribution in [3.05, 3.63) is 60.8 Å². The normalized spacial score (nSPS) is 10.3. The molecule has 0 saturated heterocycles. The largest absolute Gasteiger partial charge is 0.504 e. The van der Waals surface area contributed by atoms with E-state index in [1.807, 2.05) is 43.3 Å². The first-order valence-electron chi connectivity index (χ1n) is 8.29. The first kappa shape index (κ1) is 18.6. The number of aromatic hydroxyl groups is 1. The lowest BCUT2D eigenvalue weighted by atomic mass is 10.2. The van der Waals surface area contributed by atoms with Crippen LogP contribution in [0.1, 0.15) is 6.92 Å². The number of ether oxygens (including phenoxy) is 1. The molecule has 0 aliphatic heterocycles. The van der Waals surface area contributed by atoms with Crippen LogP contribution in [0.15, 0.2) is 70.1 Å². The molecule has 2 heterocycles. The van der Waals surface area contributed by atoms with Gasteiger partial charge < -0.3 is 20.0 Å². The molecule has 4 aromatic rings. The molecule has 0 saturated carbocycles. The second-order valence-electron chi connectivity index (χ2n) is 5.52. The fraction of sp³-hybridized carbons (Fsp3) is 0.100. The number of nitrogens with two attached hydrogens (primary N) is 1. The number of para-hydroxylation sites is 1. The number of anilines is 1. The average molecular weight is 381 g/mol. The van der Waals surface area contributed by atoms with Crippen LogP contribution in [0, 0.1) is 0 Å². The Bertz CT molecular complexity index is 1020. The molecule has 3 N–H and O–H groups in total. The summed E-state index contributed by atoms with van der Waals surface area (Å²) in [7, 11) is 0. The highest BCUT2D eigenvalue weighted by Crippen LogP contribution is 2.28. The van der Waals surface area contributed by atoms with Crippen LogP contribution in [0.25, 0.3) is 22.7 Å². The molecule has 2 aromatic carbocycles. The molecule has 0 radical (unpaired) electrons. The summed E-state index contributed by atoms with van der Waals surface area (Å²) in [4.78, 5) is 9.18. The molecule has 0 spiro atoms. The third kappa shape index (κ3) is 4.51. The van der Waals surface area contributed by atoms with Gasteiger partial charge in [0.25, 0.3) is 0 Å². The highest BCUT2D eigenvalue weighted by atomic mass is 32.1. The van der Waals surface area contributed by atoms with Gasteiger partial charge in [-0.15, -0.1) is 12.6 Å². The van der Waals surface area contributed by atoms with Gasteiger partial charge in [0.2, 0.25) is 5.89 Å². The number of nitrogen functional groups attached to an aromatic ring is 1. The van der Waals surface area contributed by atoms with E-state index in [-0.39, 0.29) is 5.75 Å². The van der Waals surface area contributed by atoms with Crippen molar-refractivity contribution in [2.45, 2.75) is 11.8 Å². The molecule has 0 atom stereocenters. The van der Waals surface area contributed by atoms with E-state index >= 15 is 0 Å². The Labute approximate surface area is 162 Å². The Hall–Kier alpha value is -3.19. The van der Waals surface area contributed by atoms with Gasteiger partial charge in [-0.3, -0.25) is 0 Å². The smallest absolute Gasteiger partial charge is 0.230 e. The van der Waals surface area contributed by atoms with Crippen molar-refractivity contribution in [1.82, 2.24) is 9.97 Å². The Morgan fingerprint density at radius 1 is 1.15 bits per heavy atom. The number of phenols is 1. The Morgan fingerprint density at radius 2 is 1.96 bits per heavy atom. The second kappa shape index (κ2) is 8.46. The van der Waals surface area contributed by atoms with Crippen LogP contribution in [0.4, 0.5) is 5.69 Å². The monoisotopic (exact) mass is 381 g/mol. The van der Waals surface area contributed by atoms with Crippen LogP contribution in [-0.2, 0) is 0 Å². The molecule has 0 unspecified atom stereocenters. The predicted octanol–water partition coefficient (Wildman–Crippen LogP) is 4.55. The van der Waals surface area contributed by atoms with Crippen molar-refractivity contribution in [2.24, 2.45) is 0 Å². The van der Waals surface area contributed by atoms with Gasteiger partial charge in [-0.25, -0.2) is 4.98 Å². The molecule has 6 nitrogen and oxygen atoms in total. The van der Waals surface area contributed by atoms with Crippen molar-refractivity contribution < 1.29 is 14.3 Å². The molecule has 2 aromatic heterocycles. The quantitative estimate of drug-likeness (QED) is 0.356. The standard InChI is InChI=1S/C12H9N3O.C8H10O2S/c13-9-5-2-1-4-8(9)12-15-11-10(16-12)6-3-7-14-11;1-2-10-8-5-6(11)3-4-7(8)9/h1-7H,13H2;3-5,9,11H,2H2,1H3. The minimum Gasteiger partial charge on any atom is -0.504 e. The molecule has 4 rings (SSSR count). The van der Waals surface area contributed by atoms with E-state index in [2.05, 4.69) is 22.6 Å². The first-order chi connectivity index (χ1) is 13.1. The van der Waals surface area contributed by atoms with E-state index in [1.54, 1.807) is 24.4 Å². The summed E-state index contributed by atoms with van der Waals surface area (Å²) in [6, 6.07) is 16.1. The van der Waals surface area contributed by atoms with Gasteiger partial charge >= 0.3 is 0 Å². The van der Waals surface area contributed by atoms with Crippen LogP contribution >= 0.6 is 12.6 Å². The first-order valence-corrected chi connectivity index (χ1v) is 8.74. The van der Waals surface area contributed by atoms with Crippen LogP contribution in [-0.4, -0.2) is 21.7 Å². The summed E-state index contributed by atoms with van der Waals surface area (Å²) in [5, 5.41) is 9.21. The van der Waals surface area contributed by atoms with Gasteiger partial charge in [0.1, 0.15) is 0 Å². The van der Waals surface area contributed by atoms with E-state index in [9.17, 15) is 5.11 Å². The SMILES string of the molecule is CCOc1cc(S)ccc1O.Nc1ccccc1-c1nc2ncccc2o1. The fourth-order valence-electron chi connectivity index (χ4n) is 2.35. The number of pyridine rings is 1. The molecule has 138 valence electrons. The van der Waals surface area contributed by atoms with E-state index in [0.717, 1.165) is 10.5 Å². The van der Waals surface area contributed by atoms with E-state index in [4.69, 9.17) is 14.9 Å². The van der Waals surface area contributed by atoms with Crippen LogP contribution in [0.3, 0.4) is 0 Å². The number of benzene rings is 2. The number of aromatic nitrogens is 2. The zero-order chi connectivity index (χ0) is 19.2. The maximum Gasteiger partial charge on any atom is 0.230 e. The summed E-state index contributed by atoms with van der Waals surface area (Å²) < 4.78 is 10.7. The molecule has 7 heteroatoms. The number of hydrogen-bond donors (Lipinski definition) is 3. The topological polar surface area (TPSA) is 94.4 Å². The molecule has 0 amide bonds. The Kier molecular flexibility index (Phi) is 5.83. The molecule has 0 fully saturated rings. The van der Waals surface area contributed by atoms with Gasteiger partial charge in [0.15, 0.2) is 22.7 Å². The van der Waals surface area contributed by atoms with Crippen molar-refractivity contribution in [3.8, 4) is 23.0 Å². The van der Waals surface area contributed by atoms with Crippen molar-refractivity contribution in [1.29, 1.82) is 0 Å². The van der Waals surface area contributed by atoms with Crippen molar-refractivity contribution in [2.75, 3.05) is 12.3 Å². The highest BCUT2D eigenvalue weighted by molar-refractivity contribution is 7.80. The lowest BCUT2D eigenvalue weighted by molar-refractivity contribution is 0.317. The summed E-state index contributed by atoms with van der Waals surface area (Å²) in [5.41, 5.74) is 8.56. The van der Waals surface area contributed by atoms with Crippen LogP contribution in [0.2, 0.25) is 0 Å². The maximum atomic E-state index is 9.21. The molecule has 27 heavy (non-hydrogen) atoms. The zero-order valence-corrected chi connectivity index (χ0v) is 15.6. The van der Waals surface area contributed by atoms with Gasteiger partial charge in [0.05, 0.1) is 12.2 Å². The van der Waals surface area contributed by atoms with Gasteiger partial charge in [-0.2, -0.15) is 4.98 Å². The number of nitrogens with zero attached hydrogens (tertiary/aromatic N) is 2. The summed E-state index contributed by atoms with van der Waals surface area (Å²) in [6.45, 7) is 2.41. The third-order valence-corrected chi connectivity index (χ3v) is 3.88. The van der Waals surface area contributed by atoms with E-state index in [0.29, 0.717) is 35.2 Å². The van der Waals surface area contributed by atoms with Crippen molar-refractivity contribution >= 4 is 29.5 Å².